The Hall–Kier alpha value is -1.45. The molecule has 0 saturated carbocycles. The maximum atomic E-state index is 10.4. The summed E-state index contributed by atoms with van der Waals surface area (Å²) < 4.78 is 0. The summed E-state index contributed by atoms with van der Waals surface area (Å²) in [7, 11) is 0. The molecule has 13 heavy (non-hydrogen) atoms. The van der Waals surface area contributed by atoms with E-state index in [9.17, 15) is 4.91 Å². The standard InChI is InChI=1S/C9H11N3O/c13-11-12-6-2-4-9(12)8-3-1-5-10-7-8/h1,3,5,7,9H,2,4,6H2/i1+1,3+1,5+1,7+1,8+1,9+1. The highest BCUT2D eigenvalue weighted by atomic mass is 16.3. The van der Waals surface area contributed by atoms with E-state index >= 15 is 0 Å². The zero-order chi connectivity index (χ0) is 9.10. The zero-order valence-corrected chi connectivity index (χ0v) is 7.26. The van der Waals surface area contributed by atoms with Crippen LogP contribution in [-0.2, 0) is 0 Å². The van der Waals surface area contributed by atoms with Crippen molar-refractivity contribution < 1.29 is 0 Å². The van der Waals surface area contributed by atoms with Crippen molar-refractivity contribution in [3.8, 4) is 0 Å². The lowest BCUT2D eigenvalue weighted by atomic mass is 10.4. The summed E-state index contributed by atoms with van der Waals surface area (Å²) in [6.07, 6.45) is 5.56. The second-order valence-electron chi connectivity index (χ2n) is 3.19. The lowest BCUT2D eigenvalue weighted by Gasteiger charge is -2.17. The first-order chi connectivity index (χ1) is 6.42. The van der Waals surface area contributed by atoms with Crippen LogP contribution >= 0.6 is 0 Å². The van der Waals surface area contributed by atoms with E-state index in [4.69, 9.17) is 0 Å². The van der Waals surface area contributed by atoms with Gasteiger partial charge >= 0.3 is 0 Å². The number of nitrogens with zero attached hydrogens (tertiary/aromatic N) is 3. The molecule has 0 amide bonds. The van der Waals surface area contributed by atoms with Crippen LogP contribution in [0.3, 0.4) is 0 Å². The molecule has 2 rings (SSSR count). The Labute approximate surface area is 76.5 Å². The Balaban J connectivity index is 2.21. The summed E-state index contributed by atoms with van der Waals surface area (Å²) in [5.74, 6) is 0. The fraction of sp³-hybridized carbons (Fsp3) is 0.444. The summed E-state index contributed by atoms with van der Waals surface area (Å²) in [6, 6.07) is 4.02. The van der Waals surface area contributed by atoms with Crippen LogP contribution in [0.5, 0.6) is 0 Å². The highest BCUT2D eigenvalue weighted by Gasteiger charge is 2.25. The molecule has 2 heterocycles. The van der Waals surface area contributed by atoms with Gasteiger partial charge in [-0.15, -0.1) is 4.91 Å². The summed E-state index contributed by atoms with van der Waals surface area (Å²) in [4.78, 5) is 14.5. The lowest BCUT2D eigenvalue weighted by molar-refractivity contribution is 0.266. The van der Waals surface area contributed by atoms with Crippen molar-refractivity contribution in [3.63, 3.8) is 0 Å². The second kappa shape index (κ2) is 3.51. The minimum absolute atomic E-state index is 0.145. The Morgan fingerprint density at radius 2 is 2.54 bits per heavy atom. The molecule has 68 valence electrons. The van der Waals surface area contributed by atoms with Gasteiger partial charge in [0.25, 0.3) is 0 Å². The van der Waals surface area contributed by atoms with Gasteiger partial charge in [-0.2, -0.15) is 0 Å². The fourth-order valence-corrected chi connectivity index (χ4v) is 1.76. The first-order valence-corrected chi connectivity index (χ1v) is 4.41. The molecule has 0 bridgehead atoms. The van der Waals surface area contributed by atoms with Crippen molar-refractivity contribution in [2.24, 2.45) is 5.29 Å². The van der Waals surface area contributed by atoms with E-state index in [1.54, 1.807) is 17.4 Å². The molecule has 0 N–H and O–H groups in total. The second-order valence-corrected chi connectivity index (χ2v) is 3.19. The van der Waals surface area contributed by atoms with E-state index in [1.807, 2.05) is 12.1 Å². The van der Waals surface area contributed by atoms with Crippen molar-refractivity contribution in [2.75, 3.05) is 6.54 Å². The minimum Gasteiger partial charge on any atom is -0.264 e. The van der Waals surface area contributed by atoms with Crippen LogP contribution in [0.15, 0.2) is 29.8 Å². The number of nitroso groups, excluding NO2 is 1. The van der Waals surface area contributed by atoms with Crippen molar-refractivity contribution in [1.82, 2.24) is 9.99 Å². The summed E-state index contributed by atoms with van der Waals surface area (Å²) in [5.41, 5.74) is 1.08. The van der Waals surface area contributed by atoms with Gasteiger partial charge in [-0.3, -0.25) is 9.99 Å². The monoisotopic (exact) mass is 183 g/mol. The van der Waals surface area contributed by atoms with Crippen LogP contribution in [0.25, 0.3) is 0 Å². The van der Waals surface area contributed by atoms with E-state index in [1.165, 1.54) is 0 Å². The van der Waals surface area contributed by atoms with Gasteiger partial charge in [0.15, 0.2) is 0 Å². The average molecular weight is 183 g/mol. The summed E-state index contributed by atoms with van der Waals surface area (Å²) >= 11 is 0. The third-order valence-electron chi connectivity index (χ3n) is 2.40. The number of rotatable bonds is 2. The Kier molecular flexibility index (Phi) is 2.21. The van der Waals surface area contributed by atoms with Crippen molar-refractivity contribution in [2.45, 2.75) is 18.9 Å². The van der Waals surface area contributed by atoms with Gasteiger partial charge in [0.2, 0.25) is 0 Å². The highest BCUT2D eigenvalue weighted by molar-refractivity contribution is 5.14. The van der Waals surface area contributed by atoms with Gasteiger partial charge in [0, 0.05) is 18.9 Å². The van der Waals surface area contributed by atoms with Crippen LogP contribution in [0.2, 0.25) is 0 Å². The number of hydrogen-bond donors (Lipinski definition) is 0. The molecule has 0 aromatic carbocycles. The van der Waals surface area contributed by atoms with Gasteiger partial charge in [-0.1, -0.05) is 6.07 Å². The van der Waals surface area contributed by atoms with Gasteiger partial charge in [-0.25, -0.2) is 0 Å². The van der Waals surface area contributed by atoms with Gasteiger partial charge in [0.1, 0.15) is 0 Å². The van der Waals surface area contributed by atoms with E-state index < -0.39 is 0 Å². The molecule has 1 unspecified atom stereocenters. The van der Waals surface area contributed by atoms with Crippen LogP contribution < -0.4 is 0 Å². The Morgan fingerprint density at radius 1 is 1.62 bits per heavy atom. The largest absolute Gasteiger partial charge is 0.264 e. The highest BCUT2D eigenvalue weighted by Crippen LogP contribution is 2.30. The molecule has 0 spiro atoms. The quantitative estimate of drug-likeness (QED) is 0.519. The predicted molar refractivity (Wildman–Crippen MR) is 48.7 cm³/mol. The first kappa shape index (κ1) is 8.16. The molecule has 0 aliphatic carbocycles. The Bertz CT molecular complexity index is 288. The van der Waals surface area contributed by atoms with E-state index in [0.29, 0.717) is 0 Å². The van der Waals surface area contributed by atoms with E-state index in [-0.39, 0.29) is 6.04 Å². The number of hydrogen-bond acceptors (Lipinski definition) is 3. The van der Waals surface area contributed by atoms with Crippen molar-refractivity contribution >= 4 is 0 Å². The molecule has 1 fully saturated rings. The normalized spacial score (nSPS) is 21.8. The topological polar surface area (TPSA) is 45.6 Å². The molecule has 1 aliphatic rings. The molecule has 4 heteroatoms. The molecular formula is C9H11N3O. The number of aromatic nitrogens is 1. The maximum absolute atomic E-state index is 10.4. The van der Waals surface area contributed by atoms with Crippen molar-refractivity contribution in [3.05, 3.63) is 35.0 Å². The molecular weight excluding hydrogens is 172 g/mol. The third-order valence-corrected chi connectivity index (χ3v) is 2.40. The molecule has 1 aromatic rings. The van der Waals surface area contributed by atoms with Gasteiger partial charge in [-0.05, 0) is 24.5 Å². The molecule has 0 radical (unpaired) electrons. The molecule has 1 atom stereocenters. The van der Waals surface area contributed by atoms with Crippen LogP contribution in [-0.4, -0.2) is 16.5 Å². The zero-order valence-electron chi connectivity index (χ0n) is 7.26. The Morgan fingerprint density at radius 3 is 3.23 bits per heavy atom. The van der Waals surface area contributed by atoms with Crippen LogP contribution in [0.1, 0.15) is 24.4 Å². The minimum atomic E-state index is 0.145. The van der Waals surface area contributed by atoms with E-state index in [0.717, 1.165) is 24.9 Å². The SMILES string of the molecule is O=NN1CCC[13CH]1[13c]1[13cH][13cH][13cH]n[13cH]1. The fourth-order valence-electron chi connectivity index (χ4n) is 1.76. The lowest BCUT2D eigenvalue weighted by Crippen LogP contribution is -2.15. The molecule has 1 aliphatic heterocycles. The third kappa shape index (κ3) is 1.52. The average Bonchev–Trinajstić information content (AvgIpc) is 2.67. The molecule has 1 saturated heterocycles. The van der Waals surface area contributed by atoms with Gasteiger partial charge in [0.05, 0.1) is 11.3 Å². The van der Waals surface area contributed by atoms with E-state index in [2.05, 4.69) is 10.3 Å². The smallest absolute Gasteiger partial charge is 0.0767 e. The van der Waals surface area contributed by atoms with Crippen LogP contribution in [0, 0.1) is 4.91 Å². The van der Waals surface area contributed by atoms with Crippen LogP contribution in [0.4, 0.5) is 0 Å². The predicted octanol–water partition coefficient (Wildman–Crippen LogP) is 1.90. The molecule has 4 nitrogen and oxygen atoms in total. The molecule has 1 aromatic heterocycles. The van der Waals surface area contributed by atoms with Gasteiger partial charge < -0.3 is 0 Å². The maximum Gasteiger partial charge on any atom is 0.0767 e. The summed E-state index contributed by atoms with van der Waals surface area (Å²) in [5, 5.41) is 4.60. The number of pyridine rings is 1. The van der Waals surface area contributed by atoms with Crippen molar-refractivity contribution in [1.29, 1.82) is 0 Å². The first-order valence-electron chi connectivity index (χ1n) is 4.41. The summed E-state index contributed by atoms with van der Waals surface area (Å²) in [6.45, 7) is 0.767.